The largest absolute Gasteiger partial charge is 0.463 e. The second kappa shape index (κ2) is 9.59. The Labute approximate surface area is 220 Å². The van der Waals surface area contributed by atoms with E-state index in [1.54, 1.807) is 6.07 Å². The molecule has 8 nitrogen and oxygen atoms in total. The molecule has 1 aromatic carbocycles. The van der Waals surface area contributed by atoms with Crippen LogP contribution in [-0.2, 0) is 4.74 Å². The lowest BCUT2D eigenvalue weighted by Gasteiger charge is -2.42. The van der Waals surface area contributed by atoms with E-state index in [1.165, 1.54) is 0 Å². The first-order valence-corrected chi connectivity index (χ1v) is 13.5. The van der Waals surface area contributed by atoms with Gasteiger partial charge < -0.3 is 19.3 Å². The summed E-state index contributed by atoms with van der Waals surface area (Å²) in [7, 11) is 4.17. The van der Waals surface area contributed by atoms with Crippen LogP contribution in [-0.4, -0.2) is 83.4 Å². The average Bonchev–Trinajstić information content (AvgIpc) is 3.04. The number of rotatable bonds is 5. The molecule has 2 bridgehead atoms. The SMILES string of the molecule is CN(C)[C@H]1CC[C@H]1COc1nc(N2CC3CCC(C2)N3C(=O)OC(C)(C)C)c2ccc(Br)c(F)c2n1. The molecule has 1 amide bonds. The Morgan fingerprint density at radius 2 is 1.83 bits per heavy atom. The number of anilines is 1. The molecule has 36 heavy (non-hydrogen) atoms. The van der Waals surface area contributed by atoms with Gasteiger partial charge in [-0.15, -0.1) is 0 Å². The van der Waals surface area contributed by atoms with Crippen molar-refractivity contribution in [2.24, 2.45) is 5.92 Å². The van der Waals surface area contributed by atoms with Crippen molar-refractivity contribution in [3.63, 3.8) is 0 Å². The first-order valence-electron chi connectivity index (χ1n) is 12.7. The molecule has 0 radical (unpaired) electrons. The van der Waals surface area contributed by atoms with Crippen LogP contribution in [0.15, 0.2) is 16.6 Å². The van der Waals surface area contributed by atoms with Gasteiger partial charge in [0.05, 0.1) is 23.2 Å². The molecule has 3 fully saturated rings. The molecule has 2 aromatic rings. The summed E-state index contributed by atoms with van der Waals surface area (Å²) in [4.78, 5) is 28.4. The highest BCUT2D eigenvalue weighted by Gasteiger charge is 2.45. The summed E-state index contributed by atoms with van der Waals surface area (Å²) in [5, 5.41) is 0.642. The van der Waals surface area contributed by atoms with Gasteiger partial charge in [0.25, 0.3) is 0 Å². The van der Waals surface area contributed by atoms with E-state index < -0.39 is 11.4 Å². The zero-order valence-corrected chi connectivity index (χ0v) is 23.2. The fourth-order valence-corrected chi connectivity index (χ4v) is 6.02. The average molecular weight is 565 g/mol. The van der Waals surface area contributed by atoms with E-state index in [4.69, 9.17) is 14.5 Å². The predicted octanol–water partition coefficient (Wildman–Crippen LogP) is 4.84. The number of nitrogens with zero attached hydrogens (tertiary/aromatic N) is 5. The highest BCUT2D eigenvalue weighted by Crippen LogP contribution is 2.38. The summed E-state index contributed by atoms with van der Waals surface area (Å²) in [5.41, 5.74) is -0.302. The maximum absolute atomic E-state index is 15.2. The number of ether oxygens (including phenoxy) is 2. The first-order chi connectivity index (χ1) is 17.0. The van der Waals surface area contributed by atoms with Gasteiger partial charge in [-0.3, -0.25) is 4.90 Å². The van der Waals surface area contributed by atoms with Crippen molar-refractivity contribution < 1.29 is 18.7 Å². The molecule has 2 saturated heterocycles. The second-order valence-electron chi connectivity index (χ2n) is 11.4. The third-order valence-electron chi connectivity index (χ3n) is 7.57. The van der Waals surface area contributed by atoms with Crippen molar-refractivity contribution in [2.75, 3.05) is 38.7 Å². The lowest BCUT2D eigenvalue weighted by molar-refractivity contribution is 0.0122. The molecule has 3 aliphatic rings. The molecule has 2 unspecified atom stereocenters. The zero-order chi connectivity index (χ0) is 25.8. The van der Waals surface area contributed by atoms with Gasteiger partial charge in [-0.25, -0.2) is 9.18 Å². The van der Waals surface area contributed by atoms with Crippen molar-refractivity contribution in [3.05, 3.63) is 22.4 Å². The van der Waals surface area contributed by atoms with Crippen molar-refractivity contribution in [3.8, 4) is 6.01 Å². The fraction of sp³-hybridized carbons (Fsp3) is 0.654. The predicted molar refractivity (Wildman–Crippen MR) is 140 cm³/mol. The lowest BCUT2D eigenvalue weighted by Crippen LogP contribution is -2.57. The van der Waals surface area contributed by atoms with Crippen LogP contribution < -0.4 is 9.64 Å². The van der Waals surface area contributed by atoms with Gasteiger partial charge in [0.1, 0.15) is 16.9 Å². The Morgan fingerprint density at radius 1 is 1.14 bits per heavy atom. The van der Waals surface area contributed by atoms with E-state index in [0.29, 0.717) is 47.3 Å². The van der Waals surface area contributed by atoms with Gasteiger partial charge >= 0.3 is 12.1 Å². The molecular formula is C26H35BrFN5O3. The van der Waals surface area contributed by atoms with E-state index >= 15 is 4.39 Å². The maximum atomic E-state index is 15.2. The molecule has 5 rings (SSSR count). The van der Waals surface area contributed by atoms with Gasteiger partial charge in [-0.1, -0.05) is 0 Å². The number of hydrogen-bond acceptors (Lipinski definition) is 7. The number of aromatic nitrogens is 2. The Hall–Kier alpha value is -2.20. The fourth-order valence-electron chi connectivity index (χ4n) is 5.70. The van der Waals surface area contributed by atoms with E-state index in [0.717, 1.165) is 25.7 Å². The summed E-state index contributed by atoms with van der Waals surface area (Å²) in [5.74, 6) is 0.634. The number of fused-ring (bicyclic) bond motifs is 3. The van der Waals surface area contributed by atoms with Crippen LogP contribution in [0.25, 0.3) is 10.9 Å². The van der Waals surface area contributed by atoms with Crippen molar-refractivity contribution >= 4 is 38.7 Å². The quantitative estimate of drug-likeness (QED) is 0.515. The van der Waals surface area contributed by atoms with Crippen LogP contribution in [0.3, 0.4) is 0 Å². The third-order valence-corrected chi connectivity index (χ3v) is 8.18. The Morgan fingerprint density at radius 3 is 2.42 bits per heavy atom. The standard InChI is InChI=1S/C26H35BrFN5O3/c1-26(2,3)36-25(34)33-16-7-8-17(33)13-32(12-16)23-18-9-10-19(27)21(28)22(18)29-24(30-23)35-14-15-6-11-20(15)31(4)5/h9-10,15-17,20H,6-8,11-14H2,1-5H3/t15-,16?,17?,20-/m0/s1. The van der Waals surface area contributed by atoms with E-state index in [-0.39, 0.29) is 29.7 Å². The lowest BCUT2D eigenvalue weighted by atomic mass is 9.79. The molecule has 1 aliphatic carbocycles. The summed E-state index contributed by atoms with van der Waals surface area (Å²) < 4.78 is 27.3. The Bertz CT molecular complexity index is 1140. The minimum absolute atomic E-state index is 0.0177. The van der Waals surface area contributed by atoms with Crippen LogP contribution in [0.1, 0.15) is 46.5 Å². The zero-order valence-electron chi connectivity index (χ0n) is 21.6. The Balaban J connectivity index is 1.42. The molecule has 0 spiro atoms. The highest BCUT2D eigenvalue weighted by atomic mass is 79.9. The highest BCUT2D eigenvalue weighted by molar-refractivity contribution is 9.10. The van der Waals surface area contributed by atoms with Gasteiger partial charge in [0.15, 0.2) is 5.82 Å². The van der Waals surface area contributed by atoms with Gasteiger partial charge in [0, 0.05) is 30.4 Å². The van der Waals surface area contributed by atoms with Crippen molar-refractivity contribution in [2.45, 2.75) is 70.2 Å². The number of amides is 1. The molecule has 1 aromatic heterocycles. The molecule has 196 valence electrons. The van der Waals surface area contributed by atoms with Crippen LogP contribution in [0.5, 0.6) is 6.01 Å². The smallest absolute Gasteiger partial charge is 0.410 e. The molecule has 1 saturated carbocycles. The van der Waals surface area contributed by atoms with E-state index in [1.807, 2.05) is 31.7 Å². The molecule has 4 atom stereocenters. The van der Waals surface area contributed by atoms with E-state index in [9.17, 15) is 4.79 Å². The van der Waals surface area contributed by atoms with Gasteiger partial charge in [-0.05, 0) is 88.6 Å². The maximum Gasteiger partial charge on any atom is 0.410 e. The molecule has 0 N–H and O–H groups in total. The van der Waals surface area contributed by atoms with Crippen LogP contribution >= 0.6 is 15.9 Å². The minimum Gasteiger partial charge on any atom is -0.463 e. The van der Waals surface area contributed by atoms with Crippen LogP contribution in [0.4, 0.5) is 15.0 Å². The molecule has 2 aliphatic heterocycles. The van der Waals surface area contributed by atoms with Crippen molar-refractivity contribution in [1.29, 1.82) is 0 Å². The number of carbonyl (C=O) groups is 1. The third kappa shape index (κ3) is 4.86. The Kier molecular flexibility index (Phi) is 6.78. The van der Waals surface area contributed by atoms with Crippen molar-refractivity contribution in [1.82, 2.24) is 19.8 Å². The molecule has 10 heteroatoms. The van der Waals surface area contributed by atoms with Crippen LogP contribution in [0, 0.1) is 11.7 Å². The summed E-state index contributed by atoms with van der Waals surface area (Å²) in [6, 6.07) is 4.24. The number of piperazine rings is 1. The normalized spacial score (nSPS) is 25.9. The van der Waals surface area contributed by atoms with E-state index in [2.05, 4.69) is 44.8 Å². The summed E-state index contributed by atoms with van der Waals surface area (Å²) >= 11 is 3.29. The number of hydrogen-bond donors (Lipinski definition) is 0. The van der Waals surface area contributed by atoms with Gasteiger partial charge in [-0.2, -0.15) is 9.97 Å². The number of benzene rings is 1. The number of halogens is 2. The molecular weight excluding hydrogens is 529 g/mol. The van der Waals surface area contributed by atoms with Gasteiger partial charge in [0.2, 0.25) is 0 Å². The molecule has 3 heterocycles. The second-order valence-corrected chi connectivity index (χ2v) is 12.3. The first kappa shape index (κ1) is 25.4. The minimum atomic E-state index is -0.542. The summed E-state index contributed by atoms with van der Waals surface area (Å²) in [6.45, 7) is 7.35. The summed E-state index contributed by atoms with van der Waals surface area (Å²) in [6.07, 6.45) is 3.79. The van der Waals surface area contributed by atoms with Crippen LogP contribution in [0.2, 0.25) is 0 Å². The monoisotopic (exact) mass is 563 g/mol. The topological polar surface area (TPSA) is 71.0 Å². The number of carbonyl (C=O) groups excluding carboxylic acids is 1.